The molecule has 0 aliphatic heterocycles. The molecule has 8 heteroatoms. The molecule has 0 unspecified atom stereocenters. The molecule has 0 aliphatic carbocycles. The van der Waals surface area contributed by atoms with Crippen molar-refractivity contribution in [3.8, 4) is 17.2 Å². The zero-order valence-electron chi connectivity index (χ0n) is 18.4. The minimum Gasteiger partial charge on any atom is -0.496 e. The summed E-state index contributed by atoms with van der Waals surface area (Å²) in [6, 6.07) is 9.00. The Hall–Kier alpha value is -3.55. The normalized spacial score (nSPS) is 10.7. The smallest absolute Gasteiger partial charge is 0.258 e. The number of ether oxygens (including phenoxy) is 3. The third kappa shape index (κ3) is 4.79. The molecular weight excluding hydrogens is 398 g/mol. The minimum absolute atomic E-state index is 0.0820. The minimum atomic E-state index is -0.301. The van der Waals surface area contributed by atoms with E-state index in [4.69, 9.17) is 14.2 Å². The molecule has 0 fully saturated rings. The molecule has 0 atom stereocenters. The molecule has 1 aromatic heterocycles. The van der Waals surface area contributed by atoms with Gasteiger partial charge in [0.05, 0.1) is 45.2 Å². The summed E-state index contributed by atoms with van der Waals surface area (Å²) < 4.78 is 16.0. The molecule has 1 amide bonds. The summed E-state index contributed by atoms with van der Waals surface area (Å²) in [6.07, 6.45) is 0.196. The van der Waals surface area contributed by atoms with Crippen molar-refractivity contribution in [1.29, 1.82) is 0 Å². The van der Waals surface area contributed by atoms with Gasteiger partial charge in [-0.15, -0.1) is 0 Å². The van der Waals surface area contributed by atoms with Crippen molar-refractivity contribution >= 4 is 16.8 Å². The summed E-state index contributed by atoms with van der Waals surface area (Å²) in [4.78, 5) is 34.5. The Morgan fingerprint density at radius 2 is 1.71 bits per heavy atom. The molecule has 0 saturated heterocycles. The molecule has 0 radical (unpaired) electrons. The van der Waals surface area contributed by atoms with Crippen LogP contribution in [0.2, 0.25) is 0 Å². The van der Waals surface area contributed by atoms with Crippen LogP contribution in [-0.2, 0) is 17.8 Å². The zero-order valence-corrected chi connectivity index (χ0v) is 18.4. The van der Waals surface area contributed by atoms with Gasteiger partial charge in [0, 0.05) is 18.2 Å². The first-order valence-corrected chi connectivity index (χ1v) is 9.96. The fraction of sp³-hybridized carbons (Fsp3) is 0.348. The second kappa shape index (κ2) is 9.51. The van der Waals surface area contributed by atoms with E-state index < -0.39 is 0 Å². The van der Waals surface area contributed by atoms with Crippen molar-refractivity contribution in [1.82, 2.24) is 14.9 Å². The van der Waals surface area contributed by atoms with Gasteiger partial charge in [0.2, 0.25) is 5.91 Å². The number of carbonyl (C=O) groups is 1. The molecule has 1 heterocycles. The lowest BCUT2D eigenvalue weighted by molar-refractivity contribution is -0.131. The van der Waals surface area contributed by atoms with E-state index in [1.165, 1.54) is 14.2 Å². The maximum absolute atomic E-state index is 13.0. The summed E-state index contributed by atoms with van der Waals surface area (Å²) in [5.74, 6) is 1.92. The van der Waals surface area contributed by atoms with Crippen molar-refractivity contribution in [3.63, 3.8) is 0 Å². The van der Waals surface area contributed by atoms with E-state index in [-0.39, 0.29) is 24.4 Å². The van der Waals surface area contributed by atoms with Gasteiger partial charge >= 0.3 is 0 Å². The van der Waals surface area contributed by atoms with E-state index in [9.17, 15) is 9.59 Å². The summed E-state index contributed by atoms with van der Waals surface area (Å²) in [7, 11) is 4.62. The number of likely N-dealkylation sites (N-methyl/N-ethyl adjacent to an activating group) is 1. The van der Waals surface area contributed by atoms with Gasteiger partial charge in [0.25, 0.3) is 5.56 Å². The summed E-state index contributed by atoms with van der Waals surface area (Å²) >= 11 is 0. The Balaban J connectivity index is 1.88. The lowest BCUT2D eigenvalue weighted by Gasteiger charge is -2.21. The van der Waals surface area contributed by atoms with E-state index in [2.05, 4.69) is 9.97 Å². The lowest BCUT2D eigenvalue weighted by atomic mass is 10.1. The second-order valence-electron chi connectivity index (χ2n) is 7.14. The highest BCUT2D eigenvalue weighted by Gasteiger charge is 2.18. The second-order valence-corrected chi connectivity index (χ2v) is 7.14. The van der Waals surface area contributed by atoms with Gasteiger partial charge in [-0.25, -0.2) is 4.98 Å². The van der Waals surface area contributed by atoms with Crippen LogP contribution >= 0.6 is 0 Å². The maximum Gasteiger partial charge on any atom is 0.258 e. The van der Waals surface area contributed by atoms with Crippen LogP contribution in [0.15, 0.2) is 35.1 Å². The van der Waals surface area contributed by atoms with Crippen molar-refractivity contribution in [2.75, 3.05) is 27.9 Å². The molecule has 0 spiro atoms. The standard InChI is InChI=1S/C23H27N3O5/c1-6-26(22(27)10-15-9-14(2)7-8-18(15)29-3)13-21-24-17-12-20(31-5)19(30-4)11-16(17)23(28)25-21/h7-9,11-12H,6,10,13H2,1-5H3,(H,24,25,28). The van der Waals surface area contributed by atoms with Crippen LogP contribution in [0.5, 0.6) is 17.2 Å². The number of nitrogens with one attached hydrogen (secondary N) is 1. The molecule has 0 aliphatic rings. The Morgan fingerprint density at radius 3 is 2.35 bits per heavy atom. The van der Waals surface area contributed by atoms with Gasteiger partial charge in [0.15, 0.2) is 11.5 Å². The number of fused-ring (bicyclic) bond motifs is 1. The quantitative estimate of drug-likeness (QED) is 0.597. The van der Waals surface area contributed by atoms with Crippen molar-refractivity contribution in [3.05, 3.63) is 57.6 Å². The largest absolute Gasteiger partial charge is 0.496 e. The molecule has 0 bridgehead atoms. The maximum atomic E-state index is 13.0. The summed E-state index contributed by atoms with van der Waals surface area (Å²) in [5.41, 5.74) is 2.05. The molecule has 0 saturated carbocycles. The number of carbonyl (C=O) groups excluding carboxylic acids is 1. The van der Waals surface area contributed by atoms with Gasteiger partial charge in [-0.2, -0.15) is 0 Å². The van der Waals surface area contributed by atoms with Crippen LogP contribution in [0.25, 0.3) is 10.9 Å². The van der Waals surface area contributed by atoms with Crippen LogP contribution in [0.4, 0.5) is 0 Å². The third-order valence-electron chi connectivity index (χ3n) is 5.11. The SMILES string of the molecule is CCN(Cc1nc2cc(OC)c(OC)cc2c(=O)[nH]1)C(=O)Cc1cc(C)ccc1OC. The van der Waals surface area contributed by atoms with Crippen LogP contribution in [0.1, 0.15) is 23.9 Å². The highest BCUT2D eigenvalue weighted by atomic mass is 16.5. The number of nitrogens with zero attached hydrogens (tertiary/aromatic N) is 2. The number of aryl methyl sites for hydroxylation is 1. The van der Waals surface area contributed by atoms with Crippen molar-refractivity contribution in [2.24, 2.45) is 0 Å². The topological polar surface area (TPSA) is 93.8 Å². The molecule has 8 nitrogen and oxygen atoms in total. The highest BCUT2D eigenvalue weighted by molar-refractivity contribution is 5.82. The Morgan fingerprint density at radius 1 is 1.03 bits per heavy atom. The first-order valence-electron chi connectivity index (χ1n) is 9.96. The van der Waals surface area contributed by atoms with Gasteiger partial charge < -0.3 is 24.1 Å². The Labute approximate surface area is 180 Å². The first kappa shape index (κ1) is 22.1. The Kier molecular flexibility index (Phi) is 6.79. The average molecular weight is 425 g/mol. The van der Waals surface area contributed by atoms with Crippen LogP contribution < -0.4 is 19.8 Å². The molecular formula is C23H27N3O5. The zero-order chi connectivity index (χ0) is 22.5. The molecule has 3 rings (SSSR count). The molecule has 2 aromatic carbocycles. The monoisotopic (exact) mass is 425 g/mol. The predicted octanol–water partition coefficient (Wildman–Crippen LogP) is 2.85. The van der Waals surface area contributed by atoms with Gasteiger partial charge in [-0.3, -0.25) is 9.59 Å². The van der Waals surface area contributed by atoms with E-state index in [0.717, 1.165) is 11.1 Å². The number of rotatable bonds is 8. The number of benzene rings is 2. The summed E-state index contributed by atoms with van der Waals surface area (Å²) in [6.45, 7) is 4.51. The van der Waals surface area contributed by atoms with Gasteiger partial charge in [-0.05, 0) is 26.0 Å². The highest BCUT2D eigenvalue weighted by Crippen LogP contribution is 2.30. The van der Waals surface area contributed by atoms with Gasteiger partial charge in [0.1, 0.15) is 11.6 Å². The van der Waals surface area contributed by atoms with E-state index in [1.54, 1.807) is 24.1 Å². The predicted molar refractivity (Wildman–Crippen MR) is 118 cm³/mol. The molecule has 1 N–H and O–H groups in total. The van der Waals surface area contributed by atoms with Crippen LogP contribution in [0, 0.1) is 6.92 Å². The molecule has 3 aromatic rings. The molecule has 31 heavy (non-hydrogen) atoms. The fourth-order valence-corrected chi connectivity index (χ4v) is 3.47. The van der Waals surface area contributed by atoms with Crippen molar-refractivity contribution < 1.29 is 19.0 Å². The number of aromatic nitrogens is 2. The number of aromatic amines is 1. The van der Waals surface area contributed by atoms with Crippen molar-refractivity contribution in [2.45, 2.75) is 26.8 Å². The van der Waals surface area contributed by atoms with E-state index in [0.29, 0.717) is 40.5 Å². The number of hydrogen-bond donors (Lipinski definition) is 1. The average Bonchev–Trinajstić information content (AvgIpc) is 2.76. The molecule has 164 valence electrons. The fourth-order valence-electron chi connectivity index (χ4n) is 3.47. The van der Waals surface area contributed by atoms with E-state index >= 15 is 0 Å². The number of amides is 1. The van der Waals surface area contributed by atoms with Crippen LogP contribution in [-0.4, -0.2) is 48.6 Å². The number of methoxy groups -OCH3 is 3. The van der Waals surface area contributed by atoms with E-state index in [1.807, 2.05) is 32.0 Å². The third-order valence-corrected chi connectivity index (χ3v) is 5.11. The van der Waals surface area contributed by atoms with Crippen LogP contribution in [0.3, 0.4) is 0 Å². The summed E-state index contributed by atoms with van der Waals surface area (Å²) in [5, 5.41) is 0.389. The number of hydrogen-bond acceptors (Lipinski definition) is 6. The Bertz CT molecular complexity index is 1160. The first-order chi connectivity index (χ1) is 14.9. The lowest BCUT2D eigenvalue weighted by Crippen LogP contribution is -2.33. The van der Waals surface area contributed by atoms with Gasteiger partial charge in [-0.1, -0.05) is 17.7 Å². The number of H-pyrrole nitrogens is 1.